The zero-order valence-electron chi connectivity index (χ0n) is 16.4. The van der Waals surface area contributed by atoms with E-state index >= 15 is 0 Å². The van der Waals surface area contributed by atoms with E-state index in [0.29, 0.717) is 0 Å². The molecule has 6 nitrogen and oxygen atoms in total. The lowest BCUT2D eigenvalue weighted by atomic mass is 10.1. The van der Waals surface area contributed by atoms with Gasteiger partial charge in [0.25, 0.3) is 0 Å². The van der Waals surface area contributed by atoms with E-state index in [2.05, 4.69) is 44.9 Å². The molecule has 2 aliphatic rings. The van der Waals surface area contributed by atoms with Crippen LogP contribution in [0.2, 0.25) is 0 Å². The number of anilines is 1. The molecule has 1 aliphatic carbocycles. The maximum atomic E-state index is 6.27. The van der Waals surface area contributed by atoms with Crippen LogP contribution in [0, 0.1) is 0 Å². The van der Waals surface area contributed by atoms with Gasteiger partial charge in [-0.1, -0.05) is 6.42 Å². The maximum absolute atomic E-state index is 6.27. The van der Waals surface area contributed by atoms with Crippen molar-refractivity contribution in [3.63, 3.8) is 0 Å². The second-order valence-corrected chi connectivity index (χ2v) is 7.88. The van der Waals surface area contributed by atoms with Gasteiger partial charge in [-0.15, -0.1) is 0 Å². The predicted octanol–water partition coefficient (Wildman–Crippen LogP) is 2.86. The molecule has 0 bridgehead atoms. The Hall–Kier alpha value is -2.21. The molecular formula is C21H29N5O. The van der Waals surface area contributed by atoms with Crippen LogP contribution in [-0.2, 0) is 19.4 Å². The number of aryl methyl sites for hydroxylation is 1. The fourth-order valence-electron chi connectivity index (χ4n) is 4.10. The molecule has 27 heavy (non-hydrogen) atoms. The average Bonchev–Trinajstić information content (AvgIpc) is 2.96. The van der Waals surface area contributed by atoms with Gasteiger partial charge in [-0.25, -0.2) is 9.97 Å². The topological polar surface area (TPSA) is 54.4 Å². The Bertz CT molecular complexity index is 779. The number of rotatable bonds is 5. The maximum Gasteiger partial charge on any atom is 0.135 e. The molecule has 1 unspecified atom stereocenters. The number of nitrogens with zero attached hydrogens (tertiary/aromatic N) is 5. The van der Waals surface area contributed by atoms with Gasteiger partial charge in [-0.05, 0) is 45.8 Å². The lowest BCUT2D eigenvalue weighted by Crippen LogP contribution is -2.26. The van der Waals surface area contributed by atoms with Crippen molar-refractivity contribution in [3.05, 3.63) is 41.6 Å². The van der Waals surface area contributed by atoms with E-state index in [-0.39, 0.29) is 6.10 Å². The number of ether oxygens (including phenoxy) is 1. The molecule has 1 fully saturated rings. The molecule has 1 saturated heterocycles. The van der Waals surface area contributed by atoms with E-state index in [1.807, 2.05) is 12.3 Å². The first-order chi connectivity index (χ1) is 13.2. The Morgan fingerprint density at radius 1 is 1.15 bits per heavy atom. The zero-order valence-corrected chi connectivity index (χ0v) is 16.4. The SMILES string of the molecule is CN(C)Cc1cc(OC2CCN(c3ncnc4c3CCCCC4)C2)ccn1. The van der Waals surface area contributed by atoms with Crippen LogP contribution in [0.4, 0.5) is 5.82 Å². The number of hydrogen-bond acceptors (Lipinski definition) is 6. The third-order valence-corrected chi connectivity index (χ3v) is 5.37. The molecule has 144 valence electrons. The molecular weight excluding hydrogens is 338 g/mol. The molecule has 0 amide bonds. The highest BCUT2D eigenvalue weighted by molar-refractivity contribution is 5.50. The van der Waals surface area contributed by atoms with Gasteiger partial charge in [0, 0.05) is 43.0 Å². The van der Waals surface area contributed by atoms with Crippen LogP contribution in [0.3, 0.4) is 0 Å². The molecule has 0 spiro atoms. The molecule has 0 saturated carbocycles. The van der Waals surface area contributed by atoms with Crippen molar-refractivity contribution in [3.8, 4) is 5.75 Å². The standard InChI is InChI=1S/C21H29N5O/c1-25(2)13-16-12-17(8-10-22-16)27-18-9-11-26(14-18)21-19-6-4-3-5-7-20(19)23-15-24-21/h8,10,12,15,18H,3-7,9,11,13-14H2,1-2H3. The lowest BCUT2D eigenvalue weighted by molar-refractivity contribution is 0.224. The van der Waals surface area contributed by atoms with Crippen molar-refractivity contribution >= 4 is 5.82 Å². The van der Waals surface area contributed by atoms with Crippen LogP contribution < -0.4 is 9.64 Å². The molecule has 0 aromatic carbocycles. The van der Waals surface area contributed by atoms with Crippen molar-refractivity contribution in [2.24, 2.45) is 0 Å². The third kappa shape index (κ3) is 4.38. The van der Waals surface area contributed by atoms with Crippen LogP contribution in [0.15, 0.2) is 24.7 Å². The van der Waals surface area contributed by atoms with Gasteiger partial charge in [0.2, 0.25) is 0 Å². The van der Waals surface area contributed by atoms with Gasteiger partial charge in [0.1, 0.15) is 24.0 Å². The summed E-state index contributed by atoms with van der Waals surface area (Å²) in [4.78, 5) is 18.1. The quantitative estimate of drug-likeness (QED) is 0.758. The summed E-state index contributed by atoms with van der Waals surface area (Å²) in [6.45, 7) is 2.69. The lowest BCUT2D eigenvalue weighted by Gasteiger charge is -2.21. The molecule has 1 aliphatic heterocycles. The molecule has 1 atom stereocenters. The van der Waals surface area contributed by atoms with E-state index in [1.54, 1.807) is 6.33 Å². The highest BCUT2D eigenvalue weighted by atomic mass is 16.5. The number of hydrogen-bond donors (Lipinski definition) is 0. The molecule has 6 heteroatoms. The summed E-state index contributed by atoms with van der Waals surface area (Å²) in [6.07, 6.45) is 10.8. The summed E-state index contributed by atoms with van der Waals surface area (Å²) < 4.78 is 6.27. The van der Waals surface area contributed by atoms with Crippen molar-refractivity contribution < 1.29 is 4.74 Å². The van der Waals surface area contributed by atoms with Crippen molar-refractivity contribution in [1.82, 2.24) is 19.9 Å². The minimum absolute atomic E-state index is 0.191. The molecule has 0 radical (unpaired) electrons. The monoisotopic (exact) mass is 367 g/mol. The third-order valence-electron chi connectivity index (χ3n) is 5.37. The highest BCUT2D eigenvalue weighted by Gasteiger charge is 2.28. The number of pyridine rings is 1. The second kappa shape index (κ2) is 8.21. The first kappa shape index (κ1) is 18.2. The molecule has 2 aromatic rings. The van der Waals surface area contributed by atoms with Gasteiger partial charge < -0.3 is 14.5 Å². The van der Waals surface area contributed by atoms with Gasteiger partial charge in [0.05, 0.1) is 12.2 Å². The van der Waals surface area contributed by atoms with E-state index < -0.39 is 0 Å². The van der Waals surface area contributed by atoms with Crippen molar-refractivity contribution in [2.75, 3.05) is 32.1 Å². The van der Waals surface area contributed by atoms with E-state index in [0.717, 1.165) is 56.2 Å². The Morgan fingerprint density at radius 2 is 2.04 bits per heavy atom. The first-order valence-corrected chi connectivity index (χ1v) is 10.0. The second-order valence-electron chi connectivity index (χ2n) is 7.88. The normalized spacial score (nSPS) is 19.8. The predicted molar refractivity (Wildman–Crippen MR) is 106 cm³/mol. The Morgan fingerprint density at radius 3 is 2.93 bits per heavy atom. The minimum atomic E-state index is 0.191. The largest absolute Gasteiger partial charge is 0.488 e. The van der Waals surface area contributed by atoms with Crippen LogP contribution in [0.25, 0.3) is 0 Å². The van der Waals surface area contributed by atoms with Gasteiger partial charge in [0.15, 0.2) is 0 Å². The molecule has 2 aromatic heterocycles. The molecule has 4 rings (SSSR count). The summed E-state index contributed by atoms with van der Waals surface area (Å²) >= 11 is 0. The van der Waals surface area contributed by atoms with Crippen molar-refractivity contribution in [2.45, 2.75) is 51.2 Å². The Labute approximate surface area is 161 Å². The number of fused-ring (bicyclic) bond motifs is 1. The minimum Gasteiger partial charge on any atom is -0.488 e. The fourth-order valence-corrected chi connectivity index (χ4v) is 4.10. The summed E-state index contributed by atoms with van der Waals surface area (Å²) in [5.41, 5.74) is 3.66. The van der Waals surface area contributed by atoms with Gasteiger partial charge >= 0.3 is 0 Å². The van der Waals surface area contributed by atoms with Gasteiger partial charge in [-0.2, -0.15) is 0 Å². The summed E-state index contributed by atoms with van der Waals surface area (Å²) in [6, 6.07) is 4.01. The van der Waals surface area contributed by atoms with E-state index in [1.165, 1.54) is 30.5 Å². The zero-order chi connectivity index (χ0) is 18.6. The fraction of sp³-hybridized carbons (Fsp3) is 0.571. The van der Waals surface area contributed by atoms with Crippen LogP contribution in [-0.4, -0.2) is 53.1 Å². The average molecular weight is 367 g/mol. The van der Waals surface area contributed by atoms with Crippen LogP contribution >= 0.6 is 0 Å². The Balaban J connectivity index is 1.44. The van der Waals surface area contributed by atoms with Gasteiger partial charge in [-0.3, -0.25) is 4.98 Å². The van der Waals surface area contributed by atoms with E-state index in [9.17, 15) is 0 Å². The van der Waals surface area contributed by atoms with Crippen LogP contribution in [0.1, 0.15) is 42.6 Å². The highest BCUT2D eigenvalue weighted by Crippen LogP contribution is 2.29. The summed E-state index contributed by atoms with van der Waals surface area (Å²) in [7, 11) is 4.10. The number of aromatic nitrogens is 3. The molecule has 3 heterocycles. The van der Waals surface area contributed by atoms with E-state index in [4.69, 9.17) is 4.74 Å². The Kier molecular flexibility index (Phi) is 5.53. The first-order valence-electron chi connectivity index (χ1n) is 10.0. The molecule has 0 N–H and O–H groups in total. The van der Waals surface area contributed by atoms with Crippen molar-refractivity contribution in [1.29, 1.82) is 0 Å². The summed E-state index contributed by atoms with van der Waals surface area (Å²) in [5.74, 6) is 2.05. The summed E-state index contributed by atoms with van der Waals surface area (Å²) in [5, 5.41) is 0. The smallest absolute Gasteiger partial charge is 0.135 e. The van der Waals surface area contributed by atoms with Crippen LogP contribution in [0.5, 0.6) is 5.75 Å².